The van der Waals surface area contributed by atoms with E-state index in [1.54, 1.807) is 46.8 Å². The first-order valence-electron chi connectivity index (χ1n) is 17.9. The molecule has 0 fully saturated rings. The Bertz CT molecular complexity index is 1340. The highest BCUT2D eigenvalue weighted by Crippen LogP contribution is 2.14. The summed E-state index contributed by atoms with van der Waals surface area (Å²) in [6.45, 7) is 10.8. The van der Waals surface area contributed by atoms with E-state index < -0.39 is 83.5 Å². The van der Waals surface area contributed by atoms with Crippen LogP contribution in [0.25, 0.3) is 0 Å². The summed E-state index contributed by atoms with van der Waals surface area (Å²) in [6.07, 6.45) is 2.36. The molecule has 52 heavy (non-hydrogen) atoms. The number of phenolic OH excluding ortho intramolecular Hbond substituents is 1. The van der Waals surface area contributed by atoms with Crippen molar-refractivity contribution in [1.82, 2.24) is 26.6 Å². The first-order chi connectivity index (χ1) is 24.4. The lowest BCUT2D eigenvalue weighted by Gasteiger charge is -2.30. The Morgan fingerprint density at radius 1 is 0.731 bits per heavy atom. The Balaban J connectivity index is 3.30. The molecule has 0 aliphatic heterocycles. The lowest BCUT2D eigenvalue weighted by atomic mass is 9.95. The van der Waals surface area contributed by atoms with Crippen molar-refractivity contribution in [1.29, 1.82) is 0 Å². The SMILES string of the molecule is CC[C@H](C)[C@H](NC(=O)[C@H](CCC(N)=O)NC(=O)[C@@H](N)C(C)C)C(=O)N[C@H](C(=O)N[C@@H](Cc1ccc(O)cc1)C(=O)N[C@H](C=O)CCCCN)C(C)C. The van der Waals surface area contributed by atoms with Crippen LogP contribution in [-0.4, -0.2) is 89.6 Å². The summed E-state index contributed by atoms with van der Waals surface area (Å²) < 4.78 is 0. The van der Waals surface area contributed by atoms with Gasteiger partial charge in [0.2, 0.25) is 35.4 Å². The molecule has 0 saturated heterocycles. The van der Waals surface area contributed by atoms with Gasteiger partial charge < -0.3 is 53.7 Å². The largest absolute Gasteiger partial charge is 0.508 e. The topological polar surface area (TPSA) is 278 Å². The molecule has 1 aromatic rings. The second-order valence-electron chi connectivity index (χ2n) is 13.9. The van der Waals surface area contributed by atoms with Gasteiger partial charge in [0.25, 0.3) is 0 Å². The van der Waals surface area contributed by atoms with Crippen molar-refractivity contribution in [2.24, 2.45) is 35.0 Å². The van der Waals surface area contributed by atoms with Crippen molar-refractivity contribution in [2.45, 2.75) is 123 Å². The van der Waals surface area contributed by atoms with E-state index in [0.717, 1.165) is 0 Å². The zero-order chi connectivity index (χ0) is 39.5. The first kappa shape index (κ1) is 45.5. The van der Waals surface area contributed by atoms with Crippen molar-refractivity contribution in [3.63, 3.8) is 0 Å². The Morgan fingerprint density at radius 2 is 1.29 bits per heavy atom. The van der Waals surface area contributed by atoms with Crippen LogP contribution < -0.4 is 43.8 Å². The molecule has 1 rings (SSSR count). The standard InChI is InChI=1S/C36H60N8O8/c1-7-22(6)31(44-32(48)26(15-16-28(38)47)41-34(50)29(39)20(2)3)36(52)43-30(21(4)5)35(51)42-27(18-23-11-13-25(46)14-12-23)33(49)40-24(19-45)10-8-9-17-37/h11-14,19-22,24,26-27,29-31,46H,7-10,15-18,37,39H2,1-6H3,(H2,38,47)(H,40,49)(H,41,50)(H,42,51)(H,43,52)(H,44,48)/t22-,24-,26-,27-,29-,30-,31-/m0/s1. The average Bonchev–Trinajstić information content (AvgIpc) is 3.09. The summed E-state index contributed by atoms with van der Waals surface area (Å²) in [5.41, 5.74) is 17.4. The van der Waals surface area contributed by atoms with E-state index in [2.05, 4.69) is 26.6 Å². The number of benzene rings is 1. The number of aromatic hydroxyl groups is 1. The van der Waals surface area contributed by atoms with Crippen molar-refractivity contribution < 1.29 is 38.7 Å². The van der Waals surface area contributed by atoms with Gasteiger partial charge in [-0.25, -0.2) is 0 Å². The molecule has 7 atom stereocenters. The fraction of sp³-hybridized carbons (Fsp3) is 0.639. The highest BCUT2D eigenvalue weighted by Gasteiger charge is 2.35. The Hall–Kier alpha value is -4.57. The molecule has 0 heterocycles. The van der Waals surface area contributed by atoms with E-state index in [-0.39, 0.29) is 30.9 Å². The predicted molar refractivity (Wildman–Crippen MR) is 196 cm³/mol. The number of amides is 6. The molecule has 6 amide bonds. The number of nitrogens with two attached hydrogens (primary N) is 3. The third-order valence-electron chi connectivity index (χ3n) is 8.84. The molecule has 0 saturated carbocycles. The number of hydrogen-bond acceptors (Lipinski definition) is 10. The minimum atomic E-state index is -1.22. The zero-order valence-corrected chi connectivity index (χ0v) is 31.3. The Morgan fingerprint density at radius 3 is 1.81 bits per heavy atom. The fourth-order valence-corrected chi connectivity index (χ4v) is 5.16. The second-order valence-corrected chi connectivity index (χ2v) is 13.9. The van der Waals surface area contributed by atoms with Crippen LogP contribution in [0, 0.1) is 17.8 Å². The highest BCUT2D eigenvalue weighted by atomic mass is 16.3. The van der Waals surface area contributed by atoms with Crippen LogP contribution >= 0.6 is 0 Å². The van der Waals surface area contributed by atoms with E-state index in [9.17, 15) is 38.7 Å². The minimum absolute atomic E-state index is 0.00935. The molecule has 1 aromatic carbocycles. The summed E-state index contributed by atoms with van der Waals surface area (Å²) in [5.74, 6) is -5.16. The van der Waals surface area contributed by atoms with Gasteiger partial charge in [0.05, 0.1) is 12.1 Å². The van der Waals surface area contributed by atoms with Crippen LogP contribution in [0.4, 0.5) is 0 Å². The van der Waals surface area contributed by atoms with E-state index in [4.69, 9.17) is 17.2 Å². The summed E-state index contributed by atoms with van der Waals surface area (Å²) in [6, 6.07) is -0.370. The van der Waals surface area contributed by atoms with E-state index in [0.29, 0.717) is 44.1 Å². The lowest BCUT2D eigenvalue weighted by molar-refractivity contribution is -0.136. The van der Waals surface area contributed by atoms with Gasteiger partial charge in [-0.2, -0.15) is 0 Å². The van der Waals surface area contributed by atoms with Gasteiger partial charge in [-0.3, -0.25) is 28.8 Å². The number of primary amides is 1. The van der Waals surface area contributed by atoms with Gasteiger partial charge >= 0.3 is 0 Å². The molecule has 0 aliphatic rings. The van der Waals surface area contributed by atoms with Crippen LogP contribution in [0.15, 0.2) is 24.3 Å². The summed E-state index contributed by atoms with van der Waals surface area (Å²) >= 11 is 0. The quantitative estimate of drug-likeness (QED) is 0.0492. The monoisotopic (exact) mass is 732 g/mol. The van der Waals surface area contributed by atoms with E-state index in [1.807, 2.05) is 6.92 Å². The van der Waals surface area contributed by atoms with Crippen molar-refractivity contribution >= 4 is 41.7 Å². The average molecular weight is 733 g/mol. The molecule has 0 bridgehead atoms. The molecule has 0 aromatic heterocycles. The Kier molecular flexibility index (Phi) is 20.2. The predicted octanol–water partition coefficient (Wildman–Crippen LogP) is -0.362. The molecule has 0 unspecified atom stereocenters. The molecule has 16 nitrogen and oxygen atoms in total. The molecule has 0 radical (unpaired) electrons. The van der Waals surface area contributed by atoms with Gasteiger partial charge in [0, 0.05) is 12.8 Å². The number of carbonyl (C=O) groups excluding carboxylic acids is 7. The molecule has 0 aliphatic carbocycles. The highest BCUT2D eigenvalue weighted by molar-refractivity contribution is 5.96. The maximum absolute atomic E-state index is 13.8. The van der Waals surface area contributed by atoms with Gasteiger partial charge in [-0.15, -0.1) is 0 Å². The smallest absolute Gasteiger partial charge is 0.243 e. The van der Waals surface area contributed by atoms with Gasteiger partial charge in [0.1, 0.15) is 36.2 Å². The third-order valence-corrected chi connectivity index (χ3v) is 8.84. The van der Waals surface area contributed by atoms with Crippen LogP contribution in [0.2, 0.25) is 0 Å². The second kappa shape index (κ2) is 23.1. The van der Waals surface area contributed by atoms with Crippen molar-refractivity contribution in [3.8, 4) is 5.75 Å². The van der Waals surface area contributed by atoms with E-state index >= 15 is 0 Å². The number of hydrogen-bond donors (Lipinski definition) is 9. The molecular formula is C36H60N8O8. The maximum atomic E-state index is 13.8. The van der Waals surface area contributed by atoms with Gasteiger partial charge in [0.15, 0.2) is 0 Å². The van der Waals surface area contributed by atoms with Gasteiger partial charge in [-0.05, 0) is 67.7 Å². The van der Waals surface area contributed by atoms with E-state index in [1.165, 1.54) is 12.1 Å². The number of aldehydes is 1. The number of carbonyl (C=O) groups is 7. The minimum Gasteiger partial charge on any atom is -0.508 e. The van der Waals surface area contributed by atoms with Crippen LogP contribution in [-0.2, 0) is 40.0 Å². The molecule has 0 spiro atoms. The van der Waals surface area contributed by atoms with Crippen LogP contribution in [0.1, 0.15) is 85.6 Å². The maximum Gasteiger partial charge on any atom is 0.243 e. The third kappa shape index (κ3) is 15.8. The summed E-state index contributed by atoms with van der Waals surface area (Å²) in [5, 5.41) is 23.1. The zero-order valence-electron chi connectivity index (χ0n) is 31.3. The molecule has 292 valence electrons. The van der Waals surface area contributed by atoms with Crippen molar-refractivity contribution in [3.05, 3.63) is 29.8 Å². The number of phenols is 1. The number of nitrogens with one attached hydrogen (secondary N) is 5. The molecular weight excluding hydrogens is 672 g/mol. The first-order valence-corrected chi connectivity index (χ1v) is 17.9. The normalized spacial score (nSPS) is 15.3. The lowest BCUT2D eigenvalue weighted by Crippen LogP contribution is -2.61. The Labute approximate surface area is 306 Å². The summed E-state index contributed by atoms with van der Waals surface area (Å²) in [4.78, 5) is 90.6. The van der Waals surface area contributed by atoms with Crippen LogP contribution in [0.5, 0.6) is 5.75 Å². The summed E-state index contributed by atoms with van der Waals surface area (Å²) in [7, 11) is 0. The molecule has 16 heteroatoms. The van der Waals surface area contributed by atoms with Crippen LogP contribution in [0.3, 0.4) is 0 Å². The van der Waals surface area contributed by atoms with Gasteiger partial charge in [-0.1, -0.05) is 60.1 Å². The molecule has 12 N–H and O–H groups in total. The van der Waals surface area contributed by atoms with Crippen molar-refractivity contribution in [2.75, 3.05) is 6.54 Å². The fourth-order valence-electron chi connectivity index (χ4n) is 5.16. The number of rotatable bonds is 24. The number of unbranched alkanes of at least 4 members (excludes halogenated alkanes) is 1.